The molecule has 3 saturated heterocycles. The van der Waals surface area contributed by atoms with Crippen LogP contribution in [0.4, 0.5) is 5.69 Å². The summed E-state index contributed by atoms with van der Waals surface area (Å²) in [6, 6.07) is 6.27. The number of anilines is 1. The Bertz CT molecular complexity index is 1000. The van der Waals surface area contributed by atoms with Crippen molar-refractivity contribution in [2.24, 2.45) is 23.7 Å². The zero-order valence-corrected chi connectivity index (χ0v) is 21.2. The number of ether oxygens (including phenoxy) is 1. The van der Waals surface area contributed by atoms with Gasteiger partial charge in [0.2, 0.25) is 5.91 Å². The first-order valence-electron chi connectivity index (χ1n) is 12.2. The van der Waals surface area contributed by atoms with E-state index in [-0.39, 0.29) is 47.1 Å². The lowest BCUT2D eigenvalue weighted by Crippen LogP contribution is -2.61. The van der Waals surface area contributed by atoms with Crippen LogP contribution in [0.25, 0.3) is 0 Å². The minimum Gasteiger partial charge on any atom is -0.852 e. The third-order valence-electron chi connectivity index (χ3n) is 8.20. The van der Waals surface area contributed by atoms with Crippen molar-refractivity contribution in [3.05, 3.63) is 24.3 Å². The van der Waals surface area contributed by atoms with Crippen LogP contribution in [0.2, 0.25) is 0 Å². The molecule has 190 valence electrons. The Morgan fingerprint density at radius 2 is 1.97 bits per heavy atom. The highest BCUT2D eigenvalue weighted by Gasteiger charge is 2.60. The van der Waals surface area contributed by atoms with E-state index in [1.54, 1.807) is 18.2 Å². The molecule has 1 aromatic rings. The van der Waals surface area contributed by atoms with E-state index in [0.717, 1.165) is 31.9 Å². The summed E-state index contributed by atoms with van der Waals surface area (Å²) in [6.07, 6.45) is 3.88. The third-order valence-corrected chi connectivity index (χ3v) is 9.35. The lowest BCUT2D eigenvalue weighted by molar-refractivity contribution is -0.521. The maximum absolute atomic E-state index is 13.3. The molecule has 3 aliphatic heterocycles. The Kier molecular flexibility index (Phi) is 7.15. The van der Waals surface area contributed by atoms with Gasteiger partial charge in [0.25, 0.3) is 0 Å². The molecule has 34 heavy (non-hydrogen) atoms. The second-order valence-corrected chi connectivity index (χ2v) is 12.6. The molecule has 1 aliphatic carbocycles. The Morgan fingerprint density at radius 3 is 2.65 bits per heavy atom. The molecular weight excluding hydrogens is 458 g/mol. The van der Waals surface area contributed by atoms with Gasteiger partial charge in [-0.15, -0.1) is 6.10 Å². The quantitative estimate of drug-likeness (QED) is 0.580. The molecule has 1 aromatic carbocycles. The van der Waals surface area contributed by atoms with Crippen molar-refractivity contribution >= 4 is 21.4 Å². The van der Waals surface area contributed by atoms with E-state index in [1.807, 2.05) is 13.8 Å². The number of hydrogen-bond donors (Lipinski definition) is 1. The highest BCUT2D eigenvalue weighted by atomic mass is 32.2. The summed E-state index contributed by atoms with van der Waals surface area (Å²) in [7, 11) is -3.48. The van der Waals surface area contributed by atoms with Gasteiger partial charge in [-0.3, -0.25) is 4.79 Å². The van der Waals surface area contributed by atoms with Crippen molar-refractivity contribution in [3.8, 4) is 0 Å². The predicted molar refractivity (Wildman–Crippen MR) is 124 cm³/mol. The maximum atomic E-state index is 13.3. The number of rotatable bonds is 7. The molecule has 1 spiro atoms. The van der Waals surface area contributed by atoms with E-state index in [1.165, 1.54) is 6.07 Å². The zero-order chi connectivity index (χ0) is 24.7. The van der Waals surface area contributed by atoms with E-state index in [0.29, 0.717) is 12.5 Å². The number of carbonyl (C=O) groups excluding carboxylic acids is 1. The monoisotopic (exact) mass is 494 g/mol. The van der Waals surface area contributed by atoms with Crippen LogP contribution < -0.4 is 10.4 Å². The fraction of sp³-hybridized carbons (Fsp3) is 0.720. The second kappa shape index (κ2) is 9.50. The van der Waals surface area contributed by atoms with Gasteiger partial charge in [-0.1, -0.05) is 38.3 Å². The van der Waals surface area contributed by atoms with E-state index in [9.17, 15) is 18.3 Å². The molecule has 0 radical (unpaired) electrons. The molecule has 3 heterocycles. The van der Waals surface area contributed by atoms with Crippen molar-refractivity contribution < 1.29 is 32.8 Å². The number of carbonyl (C=O) groups is 1. The number of benzene rings is 1. The van der Waals surface area contributed by atoms with E-state index >= 15 is 0 Å². The molecule has 1 N–H and O–H groups in total. The smallest absolute Gasteiger partial charge is 0.224 e. The van der Waals surface area contributed by atoms with E-state index < -0.39 is 27.3 Å². The van der Waals surface area contributed by atoms with Crippen molar-refractivity contribution in [1.29, 1.82) is 0 Å². The van der Waals surface area contributed by atoms with Crippen molar-refractivity contribution in [1.82, 2.24) is 0 Å². The van der Waals surface area contributed by atoms with Gasteiger partial charge >= 0.3 is 0 Å². The van der Waals surface area contributed by atoms with Gasteiger partial charge in [0.05, 0.1) is 17.2 Å². The highest BCUT2D eigenvalue weighted by Crippen LogP contribution is 2.55. The lowest BCUT2D eigenvalue weighted by Gasteiger charge is -2.55. The first-order chi connectivity index (χ1) is 16.0. The molecule has 4 aliphatic rings. The second-order valence-electron chi connectivity index (χ2n) is 10.6. The highest BCUT2D eigenvalue weighted by molar-refractivity contribution is 7.90. The van der Waals surface area contributed by atoms with Crippen LogP contribution >= 0.6 is 0 Å². The summed E-state index contributed by atoms with van der Waals surface area (Å²) in [5, 5.41) is 15.9. The summed E-state index contributed by atoms with van der Waals surface area (Å²) in [6.45, 7) is 6.51. The van der Waals surface area contributed by atoms with Gasteiger partial charge in [-0.05, 0) is 56.1 Å². The minimum absolute atomic E-state index is 0.0160. The first kappa shape index (κ1) is 25.6. The largest absolute Gasteiger partial charge is 0.852 e. The summed E-state index contributed by atoms with van der Waals surface area (Å²) in [5.74, 6) is -0.632. The summed E-state index contributed by atoms with van der Waals surface area (Å²) in [4.78, 5) is 24.4. The number of sulfone groups is 1. The van der Waals surface area contributed by atoms with Gasteiger partial charge in [-0.2, -0.15) is 0 Å². The number of nitrogens with one attached hydrogen (secondary N) is 1. The molecule has 7 atom stereocenters. The molecule has 9 heteroatoms. The number of para-hydroxylation sites is 1. The fourth-order valence-corrected chi connectivity index (χ4v) is 6.98. The number of hydrogen-bond acceptors (Lipinski definition) is 7. The van der Waals surface area contributed by atoms with Crippen LogP contribution in [0.1, 0.15) is 59.3 Å². The summed E-state index contributed by atoms with van der Waals surface area (Å²) < 4.78 is 30.1. The average molecular weight is 495 g/mol. The van der Waals surface area contributed by atoms with Gasteiger partial charge in [0.15, 0.2) is 15.6 Å². The summed E-state index contributed by atoms with van der Waals surface area (Å²) in [5.41, 5.74) is -0.396. The van der Waals surface area contributed by atoms with Crippen LogP contribution in [-0.4, -0.2) is 44.7 Å². The van der Waals surface area contributed by atoms with Gasteiger partial charge in [-0.25, -0.2) is 18.2 Å². The average Bonchev–Trinajstić information content (AvgIpc) is 3.04. The predicted octanol–water partition coefficient (Wildman–Crippen LogP) is 3.06. The molecule has 5 rings (SSSR count). The topological polar surface area (TPSA) is 114 Å². The van der Waals surface area contributed by atoms with Gasteiger partial charge in [0.1, 0.15) is 5.60 Å². The Labute approximate surface area is 202 Å². The van der Waals surface area contributed by atoms with Crippen molar-refractivity contribution in [3.63, 3.8) is 0 Å². The molecule has 8 nitrogen and oxygen atoms in total. The molecular formula is C25H36NO7S-. The van der Waals surface area contributed by atoms with Crippen LogP contribution in [0.5, 0.6) is 0 Å². The van der Waals surface area contributed by atoms with E-state index in [4.69, 9.17) is 14.5 Å². The minimum atomic E-state index is -3.48. The van der Waals surface area contributed by atoms with E-state index in [2.05, 4.69) is 12.2 Å². The van der Waals surface area contributed by atoms with Gasteiger partial charge in [0, 0.05) is 19.1 Å². The standard InChI is InChI=1S/C25H36NO7S/c1-16-9-10-19(25-15-31-24(3,32-33-25)14-13-18(16)25)17(2)21(27)11-12-23(28)26-20-7-5-6-8-22(20)34(4,29)30/h5-8,16-19,21H,9-15H2,1-4H3,(H,26,28)/q-1/t16-,17-,18+,19+,21-,24-,25-/m1/s1. The molecule has 2 bridgehead atoms. The van der Waals surface area contributed by atoms with Crippen LogP contribution in [0.15, 0.2) is 29.2 Å². The third kappa shape index (κ3) is 4.91. The molecule has 0 aromatic heterocycles. The molecule has 1 amide bonds. The Morgan fingerprint density at radius 1 is 1.24 bits per heavy atom. The van der Waals surface area contributed by atoms with Crippen LogP contribution in [0, 0.1) is 23.7 Å². The Balaban J connectivity index is 1.41. The SMILES string of the molecule is C[C@@H]([C@H]([O-])CCC(=O)Nc1ccccc1S(C)(=O)=O)[C@@H]1CC[C@@H](C)[C@@H]2CC[C@]3(C)OC[C@]12OO3. The maximum Gasteiger partial charge on any atom is 0.224 e. The van der Waals surface area contributed by atoms with Crippen LogP contribution in [-0.2, 0) is 29.1 Å². The Hall–Kier alpha value is -1.52. The van der Waals surface area contributed by atoms with Crippen molar-refractivity contribution in [2.45, 2.75) is 81.7 Å². The summed E-state index contributed by atoms with van der Waals surface area (Å²) >= 11 is 0. The fourth-order valence-electron chi connectivity index (χ4n) is 6.13. The normalized spacial score (nSPS) is 35.1. The van der Waals surface area contributed by atoms with Crippen molar-refractivity contribution in [2.75, 3.05) is 18.2 Å². The van der Waals surface area contributed by atoms with Crippen LogP contribution in [0.3, 0.4) is 0 Å². The molecule has 1 saturated carbocycles. The number of amides is 1. The lowest BCUT2D eigenvalue weighted by atomic mass is 9.59. The first-order valence-corrected chi connectivity index (χ1v) is 14.1. The zero-order valence-electron chi connectivity index (χ0n) is 20.4. The molecule has 0 unspecified atom stereocenters. The van der Waals surface area contributed by atoms with Gasteiger partial charge < -0.3 is 15.2 Å². The molecule has 4 fully saturated rings. The number of fused-ring (bicyclic) bond motifs is 3.